The number of hydrogen-bond donors (Lipinski definition) is 1. The van der Waals surface area contributed by atoms with E-state index in [0.717, 1.165) is 50.2 Å². The Labute approximate surface area is 269 Å². The number of fused-ring (bicyclic) bond motifs is 1. The van der Waals surface area contributed by atoms with Gasteiger partial charge >= 0.3 is 0 Å². The van der Waals surface area contributed by atoms with E-state index in [1.807, 2.05) is 6.07 Å². The maximum Gasteiger partial charge on any atom is 0.159 e. The van der Waals surface area contributed by atoms with Crippen LogP contribution < -0.4 is 5.32 Å². The summed E-state index contributed by atoms with van der Waals surface area (Å²) in [4.78, 5) is 10.5. The van der Waals surface area contributed by atoms with Crippen molar-refractivity contribution in [3.63, 3.8) is 0 Å². The van der Waals surface area contributed by atoms with Crippen LogP contribution in [-0.2, 0) is 0 Å². The third-order valence-corrected chi connectivity index (χ3v) is 8.51. The molecule has 7 aromatic carbocycles. The first-order valence-corrected chi connectivity index (χ1v) is 15.6. The smallest absolute Gasteiger partial charge is 0.159 e. The molecule has 0 saturated heterocycles. The molecule has 218 valence electrons. The van der Waals surface area contributed by atoms with E-state index in [-0.39, 0.29) is 6.17 Å². The fraction of sp³-hybridized carbons (Fsp3) is 0.0233. The summed E-state index contributed by atoms with van der Waals surface area (Å²) in [5, 5.41) is 5.99. The number of benzene rings is 7. The standard InChI is InChI=1S/C43H31N3/c1-5-14-30(15-6-1)34-24-25-39-35(26-34)22-13-23-40(39)43-45-41(33-20-11-4-12-21-33)44-42(46-43)38-28-36(31-16-7-2-8-17-31)27-37(29-38)32-18-9-3-10-19-32/h1-29,41H,(H,44,45,46). The van der Waals surface area contributed by atoms with Crippen molar-refractivity contribution in [2.24, 2.45) is 9.98 Å². The van der Waals surface area contributed by atoms with Crippen LogP contribution in [0.1, 0.15) is 22.9 Å². The summed E-state index contributed by atoms with van der Waals surface area (Å²) in [6.07, 6.45) is -0.289. The van der Waals surface area contributed by atoms with E-state index >= 15 is 0 Å². The van der Waals surface area contributed by atoms with Gasteiger partial charge in [-0.1, -0.05) is 152 Å². The molecule has 0 amide bonds. The Morgan fingerprint density at radius 3 is 1.57 bits per heavy atom. The molecule has 0 aromatic heterocycles. The normalized spacial score (nSPS) is 14.3. The van der Waals surface area contributed by atoms with Gasteiger partial charge in [0.05, 0.1) is 0 Å². The molecular weight excluding hydrogens is 558 g/mol. The average molecular weight is 590 g/mol. The molecule has 1 unspecified atom stereocenters. The van der Waals surface area contributed by atoms with Gasteiger partial charge in [-0.15, -0.1) is 0 Å². The maximum absolute atomic E-state index is 5.25. The van der Waals surface area contributed by atoms with E-state index in [4.69, 9.17) is 9.98 Å². The van der Waals surface area contributed by atoms with Gasteiger partial charge in [-0.05, 0) is 74.0 Å². The number of nitrogens with one attached hydrogen (secondary N) is 1. The van der Waals surface area contributed by atoms with Gasteiger partial charge in [0, 0.05) is 11.1 Å². The average Bonchev–Trinajstić information content (AvgIpc) is 3.15. The van der Waals surface area contributed by atoms with Gasteiger partial charge in [-0.3, -0.25) is 0 Å². The van der Waals surface area contributed by atoms with Crippen molar-refractivity contribution in [1.29, 1.82) is 0 Å². The molecule has 0 spiro atoms. The minimum Gasteiger partial charge on any atom is -0.344 e. The van der Waals surface area contributed by atoms with Gasteiger partial charge in [0.15, 0.2) is 5.84 Å². The molecule has 0 fully saturated rings. The zero-order chi connectivity index (χ0) is 30.7. The molecule has 0 radical (unpaired) electrons. The predicted octanol–water partition coefficient (Wildman–Crippen LogP) is 10.3. The van der Waals surface area contributed by atoms with E-state index in [2.05, 4.69) is 175 Å². The Bertz CT molecular complexity index is 2150. The van der Waals surface area contributed by atoms with Crippen LogP contribution in [0.25, 0.3) is 44.2 Å². The van der Waals surface area contributed by atoms with Gasteiger partial charge < -0.3 is 5.32 Å². The quantitative estimate of drug-likeness (QED) is 0.206. The lowest BCUT2D eigenvalue weighted by Crippen LogP contribution is -2.33. The van der Waals surface area contributed by atoms with Gasteiger partial charge in [-0.25, -0.2) is 9.98 Å². The largest absolute Gasteiger partial charge is 0.344 e. The minimum atomic E-state index is -0.289. The second-order valence-electron chi connectivity index (χ2n) is 11.5. The van der Waals surface area contributed by atoms with Gasteiger partial charge in [0.2, 0.25) is 0 Å². The molecule has 0 aliphatic carbocycles. The first-order chi connectivity index (χ1) is 22.8. The summed E-state index contributed by atoms with van der Waals surface area (Å²) < 4.78 is 0. The van der Waals surface area contributed by atoms with E-state index in [1.54, 1.807) is 0 Å². The summed E-state index contributed by atoms with van der Waals surface area (Å²) in [7, 11) is 0. The Kier molecular flexibility index (Phi) is 7.26. The van der Waals surface area contributed by atoms with E-state index < -0.39 is 0 Å². The van der Waals surface area contributed by atoms with Crippen molar-refractivity contribution in [1.82, 2.24) is 5.32 Å². The van der Waals surface area contributed by atoms with Gasteiger partial charge in [-0.2, -0.15) is 0 Å². The highest BCUT2D eigenvalue weighted by Gasteiger charge is 2.23. The zero-order valence-corrected chi connectivity index (χ0v) is 25.2. The van der Waals surface area contributed by atoms with Gasteiger partial charge in [0.1, 0.15) is 12.0 Å². The third kappa shape index (κ3) is 5.51. The number of aliphatic imine (C=N–C) groups is 2. The van der Waals surface area contributed by atoms with Crippen LogP contribution in [0.15, 0.2) is 186 Å². The van der Waals surface area contributed by atoms with Crippen molar-refractivity contribution in [2.75, 3.05) is 0 Å². The van der Waals surface area contributed by atoms with Gasteiger partial charge in [0.25, 0.3) is 0 Å². The predicted molar refractivity (Wildman–Crippen MR) is 192 cm³/mol. The zero-order valence-electron chi connectivity index (χ0n) is 25.2. The first kappa shape index (κ1) is 27.5. The van der Waals surface area contributed by atoms with Crippen LogP contribution in [-0.4, -0.2) is 11.7 Å². The molecule has 1 aliphatic rings. The Morgan fingerprint density at radius 2 is 0.957 bits per heavy atom. The fourth-order valence-corrected chi connectivity index (χ4v) is 6.17. The molecule has 7 aromatic rings. The van der Waals surface area contributed by atoms with Crippen molar-refractivity contribution in [3.8, 4) is 33.4 Å². The lowest BCUT2D eigenvalue weighted by atomic mass is 9.95. The van der Waals surface area contributed by atoms with Crippen molar-refractivity contribution in [2.45, 2.75) is 6.17 Å². The summed E-state index contributed by atoms with van der Waals surface area (Å²) in [5.74, 6) is 1.51. The molecule has 1 N–H and O–H groups in total. The molecule has 1 aliphatic heterocycles. The Hall–Kier alpha value is -6.06. The summed E-state index contributed by atoms with van der Waals surface area (Å²) in [6, 6.07) is 61.7. The Balaban J connectivity index is 1.29. The molecule has 3 heteroatoms. The third-order valence-electron chi connectivity index (χ3n) is 8.51. The second-order valence-corrected chi connectivity index (χ2v) is 11.5. The molecule has 1 atom stereocenters. The van der Waals surface area contributed by atoms with Crippen LogP contribution in [0, 0.1) is 0 Å². The number of nitrogens with zero attached hydrogens (tertiary/aromatic N) is 2. The molecule has 1 heterocycles. The van der Waals surface area contributed by atoms with E-state index in [0.29, 0.717) is 5.84 Å². The number of amidine groups is 2. The second kappa shape index (κ2) is 12.1. The van der Waals surface area contributed by atoms with Crippen LogP contribution in [0.5, 0.6) is 0 Å². The summed E-state index contributed by atoms with van der Waals surface area (Å²) in [6.45, 7) is 0. The Morgan fingerprint density at radius 1 is 0.413 bits per heavy atom. The van der Waals surface area contributed by atoms with Crippen molar-refractivity contribution < 1.29 is 0 Å². The van der Waals surface area contributed by atoms with E-state index in [9.17, 15) is 0 Å². The molecular formula is C43H31N3. The van der Waals surface area contributed by atoms with Crippen molar-refractivity contribution in [3.05, 3.63) is 193 Å². The minimum absolute atomic E-state index is 0.289. The van der Waals surface area contributed by atoms with Crippen LogP contribution in [0.2, 0.25) is 0 Å². The van der Waals surface area contributed by atoms with Crippen LogP contribution in [0.4, 0.5) is 0 Å². The van der Waals surface area contributed by atoms with Crippen LogP contribution >= 0.6 is 0 Å². The summed E-state index contributed by atoms with van der Waals surface area (Å²) >= 11 is 0. The van der Waals surface area contributed by atoms with Crippen LogP contribution in [0.3, 0.4) is 0 Å². The van der Waals surface area contributed by atoms with Crippen molar-refractivity contribution >= 4 is 22.4 Å². The fourth-order valence-electron chi connectivity index (χ4n) is 6.17. The monoisotopic (exact) mass is 589 g/mol. The first-order valence-electron chi connectivity index (χ1n) is 15.6. The topological polar surface area (TPSA) is 36.8 Å². The molecule has 8 rings (SSSR count). The lowest BCUT2D eigenvalue weighted by Gasteiger charge is -2.25. The lowest BCUT2D eigenvalue weighted by molar-refractivity contribution is 0.674. The molecule has 0 saturated carbocycles. The molecule has 3 nitrogen and oxygen atoms in total. The molecule has 0 bridgehead atoms. The summed E-state index contributed by atoms with van der Waals surface area (Å²) in [5.41, 5.74) is 10.1. The SMILES string of the molecule is c1ccc(-c2cc(C3=NC(c4ccccc4)NC(c4cccc5cc(-c6ccccc6)ccc45)=N3)cc(-c3ccccc3)c2)cc1. The molecule has 46 heavy (non-hydrogen) atoms. The van der Waals surface area contributed by atoms with E-state index in [1.165, 1.54) is 16.5 Å². The number of hydrogen-bond acceptors (Lipinski definition) is 3. The highest BCUT2D eigenvalue weighted by Crippen LogP contribution is 2.32. The highest BCUT2D eigenvalue weighted by atomic mass is 15.2. The maximum atomic E-state index is 5.25. The highest BCUT2D eigenvalue weighted by molar-refractivity contribution is 6.18. The number of rotatable bonds is 6.